The van der Waals surface area contributed by atoms with E-state index in [0.717, 1.165) is 17.8 Å². The van der Waals surface area contributed by atoms with Crippen LogP contribution in [0.2, 0.25) is 0 Å². The van der Waals surface area contributed by atoms with Crippen molar-refractivity contribution in [2.75, 3.05) is 27.2 Å². The minimum absolute atomic E-state index is 0.0132. The Labute approximate surface area is 164 Å². The molecule has 146 valence electrons. The first-order chi connectivity index (χ1) is 13.5. The van der Waals surface area contributed by atoms with Crippen molar-refractivity contribution >= 4 is 16.9 Å². The smallest absolute Gasteiger partial charge is 0.317 e. The number of para-hydroxylation sites is 1. The molecule has 4 rings (SSSR count). The first-order valence-corrected chi connectivity index (χ1v) is 9.55. The standard InChI is InChI=1S/C22H25FN4O/c1-25(2)21(16-7-9-18(23)10-8-16)14-24-22(28)26-11-12-27-19(15-26)13-17-5-3-4-6-20(17)27/h3-10,13,21H,11-12,14-15H2,1-2H3,(H,24,28). The van der Waals surface area contributed by atoms with Gasteiger partial charge in [0.05, 0.1) is 12.6 Å². The third-order valence-corrected chi connectivity index (χ3v) is 5.45. The van der Waals surface area contributed by atoms with Crippen LogP contribution in [0.1, 0.15) is 17.3 Å². The second-order valence-electron chi connectivity index (χ2n) is 7.48. The van der Waals surface area contributed by atoms with Crippen molar-refractivity contribution in [2.24, 2.45) is 0 Å². The van der Waals surface area contributed by atoms with Gasteiger partial charge in [-0.15, -0.1) is 0 Å². The predicted octanol–water partition coefficient (Wildman–Crippen LogP) is 3.61. The van der Waals surface area contributed by atoms with Gasteiger partial charge in [-0.05, 0) is 49.3 Å². The second kappa shape index (κ2) is 7.64. The van der Waals surface area contributed by atoms with Crippen LogP contribution in [0, 0.1) is 5.82 Å². The molecule has 0 spiro atoms. The summed E-state index contributed by atoms with van der Waals surface area (Å²) in [6.45, 7) is 2.55. The topological polar surface area (TPSA) is 40.5 Å². The maximum absolute atomic E-state index is 13.2. The molecule has 0 saturated carbocycles. The molecular weight excluding hydrogens is 355 g/mol. The Balaban J connectivity index is 1.42. The number of halogens is 1. The number of benzene rings is 2. The van der Waals surface area contributed by atoms with Gasteiger partial charge < -0.3 is 19.7 Å². The number of urea groups is 1. The zero-order valence-electron chi connectivity index (χ0n) is 16.2. The molecule has 2 heterocycles. The van der Waals surface area contributed by atoms with Crippen molar-refractivity contribution in [3.8, 4) is 0 Å². The normalized spacial score (nSPS) is 14.9. The number of nitrogens with zero attached hydrogens (tertiary/aromatic N) is 3. The number of carbonyl (C=O) groups is 1. The lowest BCUT2D eigenvalue weighted by Crippen LogP contribution is -2.46. The number of hydrogen-bond donors (Lipinski definition) is 1. The fourth-order valence-corrected chi connectivity index (χ4v) is 3.91. The van der Waals surface area contributed by atoms with Gasteiger partial charge >= 0.3 is 6.03 Å². The Kier molecular flexibility index (Phi) is 5.05. The first-order valence-electron chi connectivity index (χ1n) is 9.55. The molecule has 0 radical (unpaired) electrons. The number of hydrogen-bond acceptors (Lipinski definition) is 2. The Morgan fingerprint density at radius 2 is 1.89 bits per heavy atom. The molecule has 0 fully saturated rings. The average molecular weight is 380 g/mol. The molecular formula is C22H25FN4O. The average Bonchev–Trinajstić information content (AvgIpc) is 3.07. The van der Waals surface area contributed by atoms with Crippen LogP contribution in [0.25, 0.3) is 10.9 Å². The number of amides is 2. The predicted molar refractivity (Wildman–Crippen MR) is 109 cm³/mol. The number of aromatic nitrogens is 1. The van der Waals surface area contributed by atoms with Gasteiger partial charge in [0.25, 0.3) is 0 Å². The van der Waals surface area contributed by atoms with Gasteiger partial charge in [0.1, 0.15) is 5.82 Å². The van der Waals surface area contributed by atoms with Crippen LogP contribution in [0.3, 0.4) is 0 Å². The Morgan fingerprint density at radius 1 is 1.14 bits per heavy atom. The molecule has 1 atom stereocenters. The molecule has 0 aliphatic carbocycles. The molecule has 1 aromatic heterocycles. The van der Waals surface area contributed by atoms with Crippen molar-refractivity contribution in [1.82, 2.24) is 19.7 Å². The third kappa shape index (κ3) is 3.60. The second-order valence-corrected chi connectivity index (χ2v) is 7.48. The molecule has 0 bridgehead atoms. The highest BCUT2D eigenvalue weighted by Crippen LogP contribution is 2.24. The van der Waals surface area contributed by atoms with Crippen LogP contribution in [-0.4, -0.2) is 47.6 Å². The van der Waals surface area contributed by atoms with Crippen molar-refractivity contribution < 1.29 is 9.18 Å². The molecule has 1 N–H and O–H groups in total. The molecule has 6 heteroatoms. The largest absolute Gasteiger partial charge is 0.341 e. The van der Waals surface area contributed by atoms with Crippen LogP contribution in [-0.2, 0) is 13.1 Å². The summed E-state index contributed by atoms with van der Waals surface area (Å²) in [6.07, 6.45) is 0. The van der Waals surface area contributed by atoms with Gasteiger partial charge in [-0.1, -0.05) is 30.3 Å². The lowest BCUT2D eigenvalue weighted by Gasteiger charge is -2.31. The lowest BCUT2D eigenvalue weighted by molar-refractivity contribution is 0.179. The van der Waals surface area contributed by atoms with Gasteiger partial charge in [0.2, 0.25) is 0 Å². The molecule has 1 unspecified atom stereocenters. The van der Waals surface area contributed by atoms with E-state index in [9.17, 15) is 9.18 Å². The lowest BCUT2D eigenvalue weighted by atomic mass is 10.1. The van der Waals surface area contributed by atoms with Crippen molar-refractivity contribution in [2.45, 2.75) is 19.1 Å². The summed E-state index contributed by atoms with van der Waals surface area (Å²) in [6, 6.07) is 16.8. The first kappa shape index (κ1) is 18.5. The summed E-state index contributed by atoms with van der Waals surface area (Å²) < 4.78 is 15.5. The van der Waals surface area contributed by atoms with Gasteiger partial charge in [-0.2, -0.15) is 0 Å². The van der Waals surface area contributed by atoms with Crippen LogP contribution in [0.15, 0.2) is 54.6 Å². The van der Waals surface area contributed by atoms with E-state index in [-0.39, 0.29) is 17.9 Å². The molecule has 2 aromatic carbocycles. The van der Waals surface area contributed by atoms with E-state index >= 15 is 0 Å². The van der Waals surface area contributed by atoms with Gasteiger partial charge in [0.15, 0.2) is 0 Å². The van der Waals surface area contributed by atoms with Gasteiger partial charge in [-0.25, -0.2) is 9.18 Å². The van der Waals surface area contributed by atoms with E-state index in [0.29, 0.717) is 19.6 Å². The van der Waals surface area contributed by atoms with Crippen LogP contribution in [0.4, 0.5) is 9.18 Å². The van der Waals surface area contributed by atoms with Crippen LogP contribution < -0.4 is 5.32 Å². The van der Waals surface area contributed by atoms with E-state index in [1.54, 1.807) is 12.1 Å². The monoisotopic (exact) mass is 380 g/mol. The molecule has 5 nitrogen and oxygen atoms in total. The van der Waals surface area contributed by atoms with E-state index in [1.807, 2.05) is 36.0 Å². The SMILES string of the molecule is CN(C)C(CNC(=O)N1CCn2c(cc3ccccc32)C1)c1ccc(F)cc1. The summed E-state index contributed by atoms with van der Waals surface area (Å²) in [5.74, 6) is -0.256. The number of nitrogens with one attached hydrogen (secondary N) is 1. The Bertz CT molecular complexity index is 980. The van der Waals surface area contributed by atoms with Crippen molar-refractivity contribution in [3.05, 3.63) is 71.7 Å². The third-order valence-electron chi connectivity index (χ3n) is 5.45. The van der Waals surface area contributed by atoms with E-state index < -0.39 is 0 Å². The molecule has 2 amide bonds. The van der Waals surface area contributed by atoms with Crippen LogP contribution in [0.5, 0.6) is 0 Å². The number of rotatable bonds is 4. The maximum Gasteiger partial charge on any atom is 0.317 e. The van der Waals surface area contributed by atoms with E-state index in [4.69, 9.17) is 0 Å². The molecule has 28 heavy (non-hydrogen) atoms. The number of likely N-dealkylation sites (N-methyl/N-ethyl adjacent to an activating group) is 1. The van der Waals surface area contributed by atoms with Crippen molar-refractivity contribution in [1.29, 1.82) is 0 Å². The summed E-state index contributed by atoms with van der Waals surface area (Å²) >= 11 is 0. The number of carbonyl (C=O) groups excluding carboxylic acids is 1. The highest BCUT2D eigenvalue weighted by Gasteiger charge is 2.23. The fraction of sp³-hybridized carbons (Fsp3) is 0.318. The van der Waals surface area contributed by atoms with Crippen LogP contribution >= 0.6 is 0 Å². The number of fused-ring (bicyclic) bond motifs is 3. The zero-order chi connectivity index (χ0) is 19.7. The van der Waals surface area contributed by atoms with E-state index in [1.165, 1.54) is 23.0 Å². The summed E-state index contributed by atoms with van der Waals surface area (Å²) in [5.41, 5.74) is 3.36. The summed E-state index contributed by atoms with van der Waals surface area (Å²) in [7, 11) is 3.92. The van der Waals surface area contributed by atoms with Gasteiger partial charge in [0, 0.05) is 30.8 Å². The molecule has 3 aromatic rings. The minimum Gasteiger partial charge on any atom is -0.341 e. The highest BCUT2D eigenvalue weighted by molar-refractivity contribution is 5.82. The molecule has 0 saturated heterocycles. The van der Waals surface area contributed by atoms with Crippen molar-refractivity contribution in [3.63, 3.8) is 0 Å². The Morgan fingerprint density at radius 3 is 2.64 bits per heavy atom. The molecule has 1 aliphatic rings. The minimum atomic E-state index is -0.256. The van der Waals surface area contributed by atoms with Gasteiger partial charge in [-0.3, -0.25) is 0 Å². The summed E-state index contributed by atoms with van der Waals surface area (Å²) in [5, 5.41) is 4.27. The summed E-state index contributed by atoms with van der Waals surface area (Å²) in [4.78, 5) is 16.6. The fourth-order valence-electron chi connectivity index (χ4n) is 3.91. The van der Waals surface area contributed by atoms with E-state index in [2.05, 4.69) is 28.1 Å². The molecule has 1 aliphatic heterocycles. The quantitative estimate of drug-likeness (QED) is 0.751. The zero-order valence-corrected chi connectivity index (χ0v) is 16.2. The Hall–Kier alpha value is -2.86. The highest BCUT2D eigenvalue weighted by atomic mass is 19.1. The maximum atomic E-state index is 13.2.